The molecule has 0 aliphatic heterocycles. The number of pyridine rings is 1. The molecular weight excluding hydrogens is 391 g/mol. The average Bonchev–Trinajstić information content (AvgIpc) is 3.34. The summed E-state index contributed by atoms with van der Waals surface area (Å²) < 4.78 is 1.52. The number of aromatic nitrogens is 5. The Bertz CT molecular complexity index is 1030. The molecule has 0 fully saturated rings. The van der Waals surface area contributed by atoms with E-state index in [9.17, 15) is 0 Å². The van der Waals surface area contributed by atoms with Crippen LogP contribution < -0.4 is 5.32 Å². The van der Waals surface area contributed by atoms with E-state index in [2.05, 4.69) is 31.2 Å². The van der Waals surface area contributed by atoms with E-state index in [4.69, 9.17) is 23.2 Å². The fourth-order valence-corrected chi connectivity index (χ4v) is 3.55. The van der Waals surface area contributed by atoms with Gasteiger partial charge in [0.05, 0.1) is 21.4 Å². The minimum atomic E-state index is 0.393. The molecule has 0 radical (unpaired) electrons. The molecule has 0 atom stereocenters. The van der Waals surface area contributed by atoms with Crippen molar-refractivity contribution in [3.05, 3.63) is 69.0 Å². The Hall–Kier alpha value is -2.48. The lowest BCUT2D eigenvalue weighted by Crippen LogP contribution is -2.09. The highest BCUT2D eigenvalue weighted by Gasteiger charge is 2.14. The summed E-state index contributed by atoms with van der Waals surface area (Å²) in [6, 6.07) is 11.3. The Morgan fingerprint density at radius 3 is 2.88 bits per heavy atom. The molecule has 0 saturated heterocycles. The molecule has 0 aliphatic carbocycles. The number of benzene rings is 1. The Balaban J connectivity index is 1.62. The van der Waals surface area contributed by atoms with Crippen LogP contribution in [0.1, 0.15) is 5.56 Å². The maximum absolute atomic E-state index is 6.28. The maximum atomic E-state index is 6.28. The summed E-state index contributed by atoms with van der Waals surface area (Å²) >= 11 is 14.0. The second-order valence-corrected chi connectivity index (χ2v) is 6.93. The monoisotopic (exact) mass is 402 g/mol. The molecule has 3 aromatic heterocycles. The van der Waals surface area contributed by atoms with Crippen molar-refractivity contribution in [1.82, 2.24) is 25.2 Å². The van der Waals surface area contributed by atoms with E-state index in [1.54, 1.807) is 35.7 Å². The molecule has 0 spiro atoms. The van der Waals surface area contributed by atoms with E-state index in [0.717, 1.165) is 16.8 Å². The van der Waals surface area contributed by atoms with Crippen LogP contribution in [0.25, 0.3) is 16.9 Å². The zero-order valence-corrected chi connectivity index (χ0v) is 15.6. The predicted octanol–water partition coefficient (Wildman–Crippen LogP) is 4.70. The highest BCUT2D eigenvalue weighted by atomic mass is 35.5. The Labute approximate surface area is 163 Å². The van der Waals surface area contributed by atoms with Gasteiger partial charge in [0.15, 0.2) is 0 Å². The van der Waals surface area contributed by atoms with Crippen LogP contribution in [-0.2, 0) is 6.54 Å². The van der Waals surface area contributed by atoms with E-state index < -0.39 is 0 Å². The van der Waals surface area contributed by atoms with Gasteiger partial charge in [0, 0.05) is 23.7 Å². The van der Waals surface area contributed by atoms with E-state index in [1.807, 2.05) is 23.6 Å². The van der Waals surface area contributed by atoms with Crippen molar-refractivity contribution in [3.8, 4) is 16.9 Å². The molecule has 0 amide bonds. The summed E-state index contributed by atoms with van der Waals surface area (Å²) in [6.45, 7) is 0.511. The zero-order chi connectivity index (χ0) is 17.9. The van der Waals surface area contributed by atoms with Gasteiger partial charge in [-0.05, 0) is 45.6 Å². The summed E-state index contributed by atoms with van der Waals surface area (Å²) in [5, 5.41) is 20.0. The van der Waals surface area contributed by atoms with Gasteiger partial charge in [-0.1, -0.05) is 40.4 Å². The summed E-state index contributed by atoms with van der Waals surface area (Å²) in [4.78, 5) is 4.50. The number of nitrogens with zero attached hydrogens (tertiary/aromatic N) is 5. The van der Waals surface area contributed by atoms with Crippen LogP contribution in [0.5, 0.6) is 0 Å². The van der Waals surface area contributed by atoms with Gasteiger partial charge in [-0.2, -0.15) is 16.0 Å². The van der Waals surface area contributed by atoms with Crippen molar-refractivity contribution in [1.29, 1.82) is 0 Å². The minimum absolute atomic E-state index is 0.393. The fourth-order valence-electron chi connectivity index (χ4n) is 2.53. The van der Waals surface area contributed by atoms with Crippen LogP contribution in [-0.4, -0.2) is 25.2 Å². The van der Waals surface area contributed by atoms with Gasteiger partial charge >= 0.3 is 0 Å². The average molecular weight is 403 g/mol. The second-order valence-electron chi connectivity index (χ2n) is 5.36. The number of anilines is 1. The van der Waals surface area contributed by atoms with Crippen LogP contribution in [0.15, 0.2) is 53.4 Å². The smallest absolute Gasteiger partial charge is 0.248 e. The SMILES string of the molecule is Clc1cccc(-n2nnnc2NCc2cccnc2-c2ccsc2)c1Cl. The predicted molar refractivity (Wildman–Crippen MR) is 104 cm³/mol. The van der Waals surface area contributed by atoms with E-state index in [-0.39, 0.29) is 0 Å². The van der Waals surface area contributed by atoms with Crippen molar-refractivity contribution >= 4 is 40.5 Å². The summed E-state index contributed by atoms with van der Waals surface area (Å²) in [7, 11) is 0. The molecule has 26 heavy (non-hydrogen) atoms. The molecule has 1 N–H and O–H groups in total. The van der Waals surface area contributed by atoms with Crippen LogP contribution in [0.2, 0.25) is 10.0 Å². The third-order valence-corrected chi connectivity index (χ3v) is 5.24. The Kier molecular flexibility index (Phi) is 4.83. The molecule has 3 heterocycles. The van der Waals surface area contributed by atoms with Gasteiger partial charge in [0.1, 0.15) is 0 Å². The van der Waals surface area contributed by atoms with Crippen LogP contribution in [0.4, 0.5) is 5.95 Å². The van der Waals surface area contributed by atoms with E-state index >= 15 is 0 Å². The second kappa shape index (κ2) is 7.41. The third-order valence-electron chi connectivity index (χ3n) is 3.75. The molecule has 4 rings (SSSR count). The highest BCUT2D eigenvalue weighted by Crippen LogP contribution is 2.29. The number of tetrazole rings is 1. The molecule has 0 saturated carbocycles. The number of hydrogen-bond donors (Lipinski definition) is 1. The summed E-state index contributed by atoms with van der Waals surface area (Å²) in [5.74, 6) is 0.467. The molecule has 130 valence electrons. The molecule has 9 heteroatoms. The largest absolute Gasteiger partial charge is 0.349 e. The number of halogens is 2. The fraction of sp³-hybridized carbons (Fsp3) is 0.0588. The van der Waals surface area contributed by atoms with Gasteiger partial charge in [-0.25, -0.2) is 0 Å². The Morgan fingerprint density at radius 1 is 1.12 bits per heavy atom. The first-order valence-corrected chi connectivity index (χ1v) is 9.37. The number of nitrogens with one attached hydrogen (secondary N) is 1. The molecule has 0 aliphatic rings. The maximum Gasteiger partial charge on any atom is 0.248 e. The normalized spacial score (nSPS) is 10.8. The van der Waals surface area contributed by atoms with Crippen molar-refractivity contribution in [3.63, 3.8) is 0 Å². The van der Waals surface area contributed by atoms with Gasteiger partial charge in [0.2, 0.25) is 5.95 Å². The highest BCUT2D eigenvalue weighted by molar-refractivity contribution is 7.08. The summed E-state index contributed by atoms with van der Waals surface area (Å²) in [5.41, 5.74) is 3.67. The number of rotatable bonds is 5. The van der Waals surface area contributed by atoms with Crippen LogP contribution in [0.3, 0.4) is 0 Å². The molecule has 4 aromatic rings. The van der Waals surface area contributed by atoms with Crippen LogP contribution >= 0.6 is 34.5 Å². The van der Waals surface area contributed by atoms with Crippen molar-refractivity contribution in [2.45, 2.75) is 6.54 Å². The van der Waals surface area contributed by atoms with Crippen molar-refractivity contribution in [2.24, 2.45) is 0 Å². The topological polar surface area (TPSA) is 68.5 Å². The van der Waals surface area contributed by atoms with Gasteiger partial charge < -0.3 is 5.32 Å². The van der Waals surface area contributed by atoms with Crippen LogP contribution in [0, 0.1) is 0 Å². The van der Waals surface area contributed by atoms with Crippen molar-refractivity contribution < 1.29 is 0 Å². The van der Waals surface area contributed by atoms with Gasteiger partial charge in [-0.15, -0.1) is 0 Å². The first-order valence-electron chi connectivity index (χ1n) is 7.67. The molecule has 0 unspecified atom stereocenters. The first kappa shape index (κ1) is 17.0. The molecule has 1 aromatic carbocycles. The first-order chi connectivity index (χ1) is 12.7. The van der Waals surface area contributed by atoms with Gasteiger partial charge in [0.25, 0.3) is 0 Å². The lowest BCUT2D eigenvalue weighted by molar-refractivity contribution is 0.789. The molecule has 6 nitrogen and oxygen atoms in total. The zero-order valence-electron chi connectivity index (χ0n) is 13.3. The van der Waals surface area contributed by atoms with Crippen molar-refractivity contribution in [2.75, 3.05) is 5.32 Å². The molecule has 0 bridgehead atoms. The lowest BCUT2D eigenvalue weighted by Gasteiger charge is -2.11. The molecular formula is C17H12Cl2N6S. The van der Waals surface area contributed by atoms with E-state index in [0.29, 0.717) is 28.2 Å². The lowest BCUT2D eigenvalue weighted by atomic mass is 10.1. The Morgan fingerprint density at radius 2 is 2.04 bits per heavy atom. The van der Waals surface area contributed by atoms with E-state index in [1.165, 1.54) is 4.68 Å². The van der Waals surface area contributed by atoms with Gasteiger partial charge in [-0.3, -0.25) is 4.98 Å². The summed E-state index contributed by atoms with van der Waals surface area (Å²) in [6.07, 6.45) is 1.78. The number of hydrogen-bond acceptors (Lipinski definition) is 6. The quantitative estimate of drug-likeness (QED) is 0.523. The minimum Gasteiger partial charge on any atom is -0.349 e. The third kappa shape index (κ3) is 3.29. The number of thiophene rings is 1. The standard InChI is InChI=1S/C17H12Cl2N6S/c18-13-4-1-5-14(15(13)19)25-17(22-23-24-25)21-9-11-3-2-7-20-16(11)12-6-8-26-10-12/h1-8,10H,9H2,(H,21,22,24).